The predicted molar refractivity (Wildman–Crippen MR) is 77.7 cm³/mol. The van der Waals surface area contributed by atoms with Crippen LogP contribution in [0, 0.1) is 0 Å². The normalized spacial score (nSPS) is 10.6. The molecule has 90 valence electrons. The van der Waals surface area contributed by atoms with Crippen molar-refractivity contribution in [3.8, 4) is 11.4 Å². The molecule has 2 radical (unpaired) electrons. The first-order chi connectivity index (χ1) is 9.28. The molecule has 5 heteroatoms. The van der Waals surface area contributed by atoms with E-state index < -0.39 is 0 Å². The van der Waals surface area contributed by atoms with Gasteiger partial charge in [0.05, 0.1) is 5.52 Å². The van der Waals surface area contributed by atoms with Crippen LogP contribution in [-0.4, -0.2) is 29.8 Å². The molecule has 1 N–H and O–H groups in total. The number of nitrogens with one attached hydrogen (secondary N) is 1. The van der Waals surface area contributed by atoms with Crippen molar-refractivity contribution >= 4 is 30.0 Å². The number of aromatic nitrogens is 3. The van der Waals surface area contributed by atoms with Gasteiger partial charge in [0.25, 0.3) is 0 Å². The first-order valence-corrected chi connectivity index (χ1v) is 5.93. The molecule has 0 aliphatic heterocycles. The van der Waals surface area contributed by atoms with Crippen molar-refractivity contribution in [2.45, 2.75) is 0 Å². The number of nitrogens with zero attached hydrogens (tertiary/aromatic N) is 3. The second-order valence-electron chi connectivity index (χ2n) is 4.16. The topological polar surface area (TPSA) is 50.7 Å². The zero-order chi connectivity index (χ0) is 13.2. The maximum atomic E-state index is 5.81. The van der Waals surface area contributed by atoms with E-state index in [0.29, 0.717) is 11.3 Å². The zero-order valence-electron chi connectivity index (χ0n) is 10.5. The third-order valence-corrected chi connectivity index (χ3v) is 2.88. The van der Waals surface area contributed by atoms with Crippen LogP contribution in [0.3, 0.4) is 0 Å². The standard InChI is InChI=1S/C14H11BN4/c1-16-14-11-5-4-10(15)7-12(11)18-13(19-14)9-3-2-6-17-8-9/h2-8H,1H3,(H,16,18,19). The van der Waals surface area contributed by atoms with Gasteiger partial charge in [-0.3, -0.25) is 4.98 Å². The highest BCUT2D eigenvalue weighted by Crippen LogP contribution is 2.23. The first kappa shape index (κ1) is 11.7. The molecule has 0 saturated heterocycles. The van der Waals surface area contributed by atoms with Gasteiger partial charge >= 0.3 is 0 Å². The lowest BCUT2D eigenvalue weighted by atomic mass is 9.95. The van der Waals surface area contributed by atoms with Crippen LogP contribution in [0.5, 0.6) is 0 Å². The molecule has 3 rings (SSSR count). The van der Waals surface area contributed by atoms with Gasteiger partial charge in [0.2, 0.25) is 0 Å². The van der Waals surface area contributed by atoms with E-state index in [9.17, 15) is 0 Å². The summed E-state index contributed by atoms with van der Waals surface area (Å²) in [4.78, 5) is 13.1. The highest BCUT2D eigenvalue weighted by molar-refractivity contribution is 6.33. The summed E-state index contributed by atoms with van der Waals surface area (Å²) in [6, 6.07) is 9.40. The first-order valence-electron chi connectivity index (χ1n) is 5.93. The summed E-state index contributed by atoms with van der Waals surface area (Å²) in [5, 5.41) is 4.04. The van der Waals surface area contributed by atoms with Crippen LogP contribution >= 0.6 is 0 Å². The fourth-order valence-electron chi connectivity index (χ4n) is 1.96. The van der Waals surface area contributed by atoms with Crippen molar-refractivity contribution in [3.05, 3.63) is 42.7 Å². The molecule has 2 heterocycles. The Balaban J connectivity index is 2.27. The third-order valence-electron chi connectivity index (χ3n) is 2.88. The Labute approximate surface area is 112 Å². The van der Waals surface area contributed by atoms with Crippen molar-refractivity contribution in [1.82, 2.24) is 15.0 Å². The Bertz CT molecular complexity index is 728. The lowest BCUT2D eigenvalue weighted by Gasteiger charge is -2.08. The fraction of sp³-hybridized carbons (Fsp3) is 0.0714. The molecular formula is C14H11BN4. The molecule has 0 spiro atoms. The third kappa shape index (κ3) is 2.15. The Morgan fingerprint density at radius 3 is 2.79 bits per heavy atom. The van der Waals surface area contributed by atoms with E-state index in [1.807, 2.05) is 37.4 Å². The van der Waals surface area contributed by atoms with Gasteiger partial charge in [-0.05, 0) is 24.3 Å². The largest absolute Gasteiger partial charge is 0.373 e. The van der Waals surface area contributed by atoms with Crippen LogP contribution in [0.1, 0.15) is 0 Å². The van der Waals surface area contributed by atoms with Gasteiger partial charge in [0.15, 0.2) is 5.82 Å². The Morgan fingerprint density at radius 1 is 1.16 bits per heavy atom. The number of anilines is 1. The van der Waals surface area contributed by atoms with Gasteiger partial charge in [0, 0.05) is 30.4 Å². The Kier molecular flexibility index (Phi) is 2.87. The molecular weight excluding hydrogens is 235 g/mol. The van der Waals surface area contributed by atoms with E-state index in [1.54, 1.807) is 12.4 Å². The Morgan fingerprint density at radius 2 is 2.05 bits per heavy atom. The SMILES string of the molecule is [B]c1ccc2c(NC)nc(-c3cccnc3)nc2c1. The minimum Gasteiger partial charge on any atom is -0.373 e. The van der Waals surface area contributed by atoms with Crippen LogP contribution in [0.15, 0.2) is 42.7 Å². The fourth-order valence-corrected chi connectivity index (χ4v) is 1.96. The average Bonchev–Trinajstić information content (AvgIpc) is 2.46. The molecule has 0 saturated carbocycles. The minimum absolute atomic E-state index is 0.635. The van der Waals surface area contributed by atoms with Gasteiger partial charge in [-0.15, -0.1) is 0 Å². The summed E-state index contributed by atoms with van der Waals surface area (Å²) >= 11 is 0. The molecule has 4 nitrogen and oxygen atoms in total. The molecule has 0 atom stereocenters. The van der Waals surface area contributed by atoms with Gasteiger partial charge < -0.3 is 5.32 Å². The van der Waals surface area contributed by atoms with Crippen molar-refractivity contribution in [2.24, 2.45) is 0 Å². The van der Waals surface area contributed by atoms with Crippen LogP contribution in [-0.2, 0) is 0 Å². The number of hydrogen-bond acceptors (Lipinski definition) is 4. The number of rotatable bonds is 2. The summed E-state index contributed by atoms with van der Waals surface area (Å²) in [6.45, 7) is 0. The van der Waals surface area contributed by atoms with Crippen molar-refractivity contribution in [3.63, 3.8) is 0 Å². The zero-order valence-corrected chi connectivity index (χ0v) is 10.5. The predicted octanol–water partition coefficient (Wildman–Crippen LogP) is 1.53. The minimum atomic E-state index is 0.635. The summed E-state index contributed by atoms with van der Waals surface area (Å²) in [7, 11) is 7.65. The van der Waals surface area contributed by atoms with Crippen LogP contribution in [0.2, 0.25) is 0 Å². The average molecular weight is 246 g/mol. The van der Waals surface area contributed by atoms with Gasteiger partial charge in [-0.1, -0.05) is 11.5 Å². The maximum absolute atomic E-state index is 5.81. The molecule has 0 bridgehead atoms. The molecule has 0 aliphatic carbocycles. The summed E-state index contributed by atoms with van der Waals surface area (Å²) in [5.74, 6) is 1.42. The number of benzene rings is 1. The second kappa shape index (κ2) is 4.68. The highest BCUT2D eigenvalue weighted by atomic mass is 15.0. The van der Waals surface area contributed by atoms with Crippen molar-refractivity contribution in [2.75, 3.05) is 12.4 Å². The number of pyridine rings is 1. The smallest absolute Gasteiger partial charge is 0.163 e. The second-order valence-corrected chi connectivity index (χ2v) is 4.16. The quantitative estimate of drug-likeness (QED) is 0.696. The van der Waals surface area contributed by atoms with Crippen molar-refractivity contribution < 1.29 is 0 Å². The van der Waals surface area contributed by atoms with E-state index in [-0.39, 0.29) is 0 Å². The molecule has 0 unspecified atom stereocenters. The molecule has 19 heavy (non-hydrogen) atoms. The monoisotopic (exact) mass is 246 g/mol. The van der Waals surface area contributed by atoms with Crippen LogP contribution < -0.4 is 10.8 Å². The highest BCUT2D eigenvalue weighted by Gasteiger charge is 2.08. The number of hydrogen-bond donors (Lipinski definition) is 1. The summed E-state index contributed by atoms with van der Waals surface area (Å²) < 4.78 is 0. The van der Waals surface area contributed by atoms with Crippen LogP contribution in [0.4, 0.5) is 5.82 Å². The van der Waals surface area contributed by atoms with E-state index in [4.69, 9.17) is 7.85 Å². The van der Waals surface area contributed by atoms with E-state index in [1.165, 1.54) is 0 Å². The lowest BCUT2D eigenvalue weighted by molar-refractivity contribution is 1.20. The van der Waals surface area contributed by atoms with Crippen molar-refractivity contribution in [1.29, 1.82) is 0 Å². The number of fused-ring (bicyclic) bond motifs is 1. The molecule has 3 aromatic rings. The van der Waals surface area contributed by atoms with E-state index in [2.05, 4.69) is 20.3 Å². The summed E-state index contributed by atoms with van der Waals surface area (Å²) in [6.07, 6.45) is 3.47. The molecule has 1 aromatic carbocycles. The maximum Gasteiger partial charge on any atom is 0.163 e. The molecule has 0 aliphatic rings. The van der Waals surface area contributed by atoms with Gasteiger partial charge in [-0.2, -0.15) is 0 Å². The van der Waals surface area contributed by atoms with Crippen LogP contribution in [0.25, 0.3) is 22.3 Å². The van der Waals surface area contributed by atoms with Gasteiger partial charge in [-0.25, -0.2) is 9.97 Å². The Hall–Kier alpha value is -2.43. The van der Waals surface area contributed by atoms with Gasteiger partial charge in [0.1, 0.15) is 13.7 Å². The lowest BCUT2D eigenvalue weighted by Crippen LogP contribution is -2.04. The summed E-state index contributed by atoms with van der Waals surface area (Å²) in [5.41, 5.74) is 2.38. The molecule has 2 aromatic heterocycles. The van der Waals surface area contributed by atoms with E-state index >= 15 is 0 Å². The van der Waals surface area contributed by atoms with E-state index in [0.717, 1.165) is 22.3 Å². The molecule has 0 fully saturated rings. The molecule has 0 amide bonds.